The highest BCUT2D eigenvalue weighted by Gasteiger charge is 2.29. The molecule has 120 valence electrons. The summed E-state index contributed by atoms with van der Waals surface area (Å²) in [5.74, 6) is 1.13. The van der Waals surface area contributed by atoms with E-state index in [1.165, 1.54) is 11.1 Å². The number of fused-ring (bicyclic) bond motifs is 1. The summed E-state index contributed by atoms with van der Waals surface area (Å²) in [5.41, 5.74) is 3.98. The van der Waals surface area contributed by atoms with Crippen molar-refractivity contribution in [3.05, 3.63) is 53.3 Å². The minimum absolute atomic E-state index is 0.316. The number of H-pyrrole nitrogens is 1. The van der Waals surface area contributed by atoms with Gasteiger partial charge in [0, 0.05) is 37.3 Å². The molecule has 0 spiro atoms. The highest BCUT2D eigenvalue weighted by Crippen LogP contribution is 2.36. The molecule has 1 N–H and O–H groups in total. The van der Waals surface area contributed by atoms with Crippen molar-refractivity contribution in [3.63, 3.8) is 0 Å². The van der Waals surface area contributed by atoms with Gasteiger partial charge in [0.2, 0.25) is 5.91 Å². The number of carbonyl (C=O) groups excluding carboxylic acids is 1. The van der Waals surface area contributed by atoms with Crippen LogP contribution in [0.3, 0.4) is 0 Å². The number of aromatic nitrogens is 2. The first-order valence-corrected chi connectivity index (χ1v) is 8.66. The second kappa shape index (κ2) is 6.19. The largest absolute Gasteiger partial charge is 0.342 e. The fourth-order valence-corrected chi connectivity index (χ4v) is 4.15. The molecule has 0 bridgehead atoms. The smallest absolute Gasteiger partial charge is 0.223 e. The van der Waals surface area contributed by atoms with Crippen LogP contribution in [0.2, 0.25) is 0 Å². The molecule has 1 aliphatic heterocycles. The summed E-state index contributed by atoms with van der Waals surface area (Å²) in [6.07, 6.45) is 6.90. The van der Waals surface area contributed by atoms with Crippen molar-refractivity contribution in [1.29, 1.82) is 0 Å². The lowest BCUT2D eigenvalue weighted by atomic mass is 9.93. The summed E-state index contributed by atoms with van der Waals surface area (Å²) < 4.78 is 0. The molecule has 0 radical (unpaired) electrons. The van der Waals surface area contributed by atoms with Gasteiger partial charge in [-0.3, -0.25) is 9.89 Å². The van der Waals surface area contributed by atoms with Gasteiger partial charge in [0.15, 0.2) is 0 Å². The number of hydrogen-bond acceptors (Lipinski definition) is 2. The van der Waals surface area contributed by atoms with Crippen molar-refractivity contribution in [2.45, 2.75) is 43.9 Å². The number of likely N-dealkylation sites (tertiary alicyclic amines) is 1. The van der Waals surface area contributed by atoms with Crippen LogP contribution in [0.15, 0.2) is 36.5 Å². The van der Waals surface area contributed by atoms with E-state index in [-0.39, 0.29) is 0 Å². The van der Waals surface area contributed by atoms with Gasteiger partial charge in [0.1, 0.15) is 0 Å². The Bertz CT molecular complexity index is 680. The second-order valence-electron chi connectivity index (χ2n) is 6.83. The van der Waals surface area contributed by atoms with E-state index in [0.29, 0.717) is 24.2 Å². The maximum Gasteiger partial charge on any atom is 0.223 e. The Hall–Kier alpha value is -2.10. The molecule has 1 aromatic carbocycles. The zero-order valence-electron chi connectivity index (χ0n) is 13.4. The zero-order chi connectivity index (χ0) is 15.6. The number of nitrogens with zero attached hydrogens (tertiary/aromatic N) is 2. The first-order valence-electron chi connectivity index (χ1n) is 8.66. The maximum absolute atomic E-state index is 12.8. The van der Waals surface area contributed by atoms with Gasteiger partial charge in [0.25, 0.3) is 0 Å². The van der Waals surface area contributed by atoms with Crippen molar-refractivity contribution in [1.82, 2.24) is 15.1 Å². The standard InChI is InChI=1S/C19H23N3O/c23-19(12-15-8-7-14-4-1-2-6-17(14)15)22-11-3-5-16(13-22)18-9-10-20-21-18/h1-2,4,6,9-10,15-16H,3,5,7-8,11-13H2,(H,20,21)/t15-,16+/m1/s1. The minimum Gasteiger partial charge on any atom is -0.342 e. The molecule has 0 saturated carbocycles. The highest BCUT2D eigenvalue weighted by molar-refractivity contribution is 5.77. The van der Waals surface area contributed by atoms with Gasteiger partial charge in [-0.2, -0.15) is 5.10 Å². The maximum atomic E-state index is 12.8. The normalized spacial score (nSPS) is 23.7. The molecular formula is C19H23N3O. The van der Waals surface area contributed by atoms with Crippen LogP contribution in [0.4, 0.5) is 0 Å². The molecule has 1 saturated heterocycles. The van der Waals surface area contributed by atoms with E-state index < -0.39 is 0 Å². The number of aryl methyl sites for hydroxylation is 1. The van der Waals surface area contributed by atoms with E-state index in [9.17, 15) is 4.79 Å². The fourth-order valence-electron chi connectivity index (χ4n) is 4.15. The van der Waals surface area contributed by atoms with Gasteiger partial charge in [-0.25, -0.2) is 0 Å². The van der Waals surface area contributed by atoms with Gasteiger partial charge in [-0.15, -0.1) is 0 Å². The van der Waals surface area contributed by atoms with Gasteiger partial charge < -0.3 is 4.90 Å². The molecular weight excluding hydrogens is 286 g/mol. The summed E-state index contributed by atoms with van der Waals surface area (Å²) in [6.45, 7) is 1.73. The second-order valence-corrected chi connectivity index (χ2v) is 6.83. The summed E-state index contributed by atoms with van der Waals surface area (Å²) in [4.78, 5) is 14.8. The number of piperidine rings is 1. The van der Waals surface area contributed by atoms with E-state index in [1.54, 1.807) is 6.20 Å². The van der Waals surface area contributed by atoms with Crippen LogP contribution in [0, 0.1) is 0 Å². The van der Waals surface area contributed by atoms with E-state index in [2.05, 4.69) is 39.4 Å². The summed E-state index contributed by atoms with van der Waals surface area (Å²) >= 11 is 0. The Morgan fingerprint density at radius 3 is 3.04 bits per heavy atom. The Morgan fingerprint density at radius 2 is 2.17 bits per heavy atom. The predicted molar refractivity (Wildman–Crippen MR) is 89.3 cm³/mol. The van der Waals surface area contributed by atoms with Crippen LogP contribution in [0.1, 0.15) is 54.3 Å². The molecule has 1 fully saturated rings. The van der Waals surface area contributed by atoms with Crippen molar-refractivity contribution in [3.8, 4) is 0 Å². The molecule has 23 heavy (non-hydrogen) atoms. The third-order valence-corrected chi connectivity index (χ3v) is 5.41. The average Bonchev–Trinajstić information content (AvgIpc) is 3.25. The van der Waals surface area contributed by atoms with Crippen molar-refractivity contribution < 1.29 is 4.79 Å². The molecule has 1 aromatic heterocycles. The fraction of sp³-hybridized carbons (Fsp3) is 0.474. The molecule has 4 nitrogen and oxygen atoms in total. The van der Waals surface area contributed by atoms with Gasteiger partial charge >= 0.3 is 0 Å². The molecule has 4 heteroatoms. The number of aromatic amines is 1. The molecule has 4 rings (SSSR count). The molecule has 0 unspecified atom stereocenters. The highest BCUT2D eigenvalue weighted by atomic mass is 16.2. The monoisotopic (exact) mass is 309 g/mol. The first kappa shape index (κ1) is 14.5. The van der Waals surface area contributed by atoms with Crippen LogP contribution in [-0.4, -0.2) is 34.1 Å². The van der Waals surface area contributed by atoms with Crippen LogP contribution >= 0.6 is 0 Å². The quantitative estimate of drug-likeness (QED) is 0.946. The average molecular weight is 309 g/mol. The van der Waals surface area contributed by atoms with E-state index in [0.717, 1.165) is 44.5 Å². The van der Waals surface area contributed by atoms with Crippen LogP contribution < -0.4 is 0 Å². The molecule has 2 heterocycles. The SMILES string of the molecule is O=C(C[C@H]1CCc2ccccc21)N1CCC[C@H](c2ccn[nH]2)C1. The van der Waals surface area contributed by atoms with Crippen LogP contribution in [-0.2, 0) is 11.2 Å². The number of amides is 1. The lowest BCUT2D eigenvalue weighted by molar-refractivity contribution is -0.132. The van der Waals surface area contributed by atoms with Crippen LogP contribution in [0.25, 0.3) is 0 Å². The van der Waals surface area contributed by atoms with Gasteiger partial charge in [-0.05, 0) is 48.8 Å². The summed E-state index contributed by atoms with van der Waals surface area (Å²) in [7, 11) is 0. The third kappa shape index (κ3) is 2.90. The van der Waals surface area contributed by atoms with E-state index >= 15 is 0 Å². The molecule has 1 aliphatic carbocycles. The Morgan fingerprint density at radius 1 is 1.26 bits per heavy atom. The summed E-state index contributed by atoms with van der Waals surface area (Å²) in [6, 6.07) is 10.6. The van der Waals surface area contributed by atoms with Crippen molar-refractivity contribution in [2.75, 3.05) is 13.1 Å². The molecule has 2 aliphatic rings. The summed E-state index contributed by atoms with van der Waals surface area (Å²) in [5, 5.41) is 7.11. The van der Waals surface area contributed by atoms with E-state index in [1.807, 2.05) is 6.07 Å². The van der Waals surface area contributed by atoms with Crippen molar-refractivity contribution in [2.24, 2.45) is 0 Å². The molecule has 2 aromatic rings. The Kier molecular flexibility index (Phi) is 3.90. The minimum atomic E-state index is 0.316. The molecule has 1 amide bonds. The number of benzene rings is 1. The number of hydrogen-bond donors (Lipinski definition) is 1. The topological polar surface area (TPSA) is 49.0 Å². The van der Waals surface area contributed by atoms with Gasteiger partial charge in [-0.1, -0.05) is 24.3 Å². The molecule has 2 atom stereocenters. The Labute approximate surface area is 136 Å². The first-order chi connectivity index (χ1) is 11.3. The predicted octanol–water partition coefficient (Wildman–Crippen LogP) is 3.24. The third-order valence-electron chi connectivity index (χ3n) is 5.41. The Balaban J connectivity index is 1.41. The number of rotatable bonds is 3. The van der Waals surface area contributed by atoms with Gasteiger partial charge in [0.05, 0.1) is 0 Å². The lowest BCUT2D eigenvalue weighted by Crippen LogP contribution is -2.39. The van der Waals surface area contributed by atoms with Crippen LogP contribution in [0.5, 0.6) is 0 Å². The van der Waals surface area contributed by atoms with E-state index in [4.69, 9.17) is 0 Å². The zero-order valence-corrected chi connectivity index (χ0v) is 13.4. The lowest BCUT2D eigenvalue weighted by Gasteiger charge is -2.33. The number of nitrogens with one attached hydrogen (secondary N) is 1. The van der Waals surface area contributed by atoms with Crippen molar-refractivity contribution >= 4 is 5.91 Å². The number of carbonyl (C=O) groups is 1.